The number of halogens is 1. The largest absolute Gasteiger partial charge is 0.497 e. The van der Waals surface area contributed by atoms with E-state index < -0.39 is 6.10 Å². The third kappa shape index (κ3) is 3.61. The van der Waals surface area contributed by atoms with Gasteiger partial charge in [0.25, 0.3) is 0 Å². The zero-order valence-electron chi connectivity index (χ0n) is 10.6. The molecule has 1 aliphatic rings. The third-order valence-corrected chi connectivity index (χ3v) is 3.91. The molecule has 104 valence electrons. The zero-order valence-corrected chi connectivity index (χ0v) is 12.2. The standard InChI is InChI=1S/C13H17BrN2O3/c1-19-8-5-6-9(14)11(7-8)16-13(18)15-10-3-2-4-12(10)17/h5-7,10,12,17H,2-4H2,1H3,(H2,15,16,18)/t10-,12+/m0/s1. The molecule has 1 saturated carbocycles. The first-order valence-electron chi connectivity index (χ1n) is 6.19. The Morgan fingerprint density at radius 3 is 2.89 bits per heavy atom. The highest BCUT2D eigenvalue weighted by molar-refractivity contribution is 9.10. The van der Waals surface area contributed by atoms with Crippen molar-refractivity contribution in [1.82, 2.24) is 5.32 Å². The van der Waals surface area contributed by atoms with E-state index in [4.69, 9.17) is 4.74 Å². The lowest BCUT2D eigenvalue weighted by Crippen LogP contribution is -2.42. The van der Waals surface area contributed by atoms with E-state index in [0.29, 0.717) is 11.4 Å². The molecule has 0 unspecified atom stereocenters. The Bertz CT molecular complexity index is 467. The van der Waals surface area contributed by atoms with Gasteiger partial charge in [0.05, 0.1) is 24.9 Å². The minimum Gasteiger partial charge on any atom is -0.497 e. The first kappa shape index (κ1) is 14.1. The van der Waals surface area contributed by atoms with Gasteiger partial charge in [0.2, 0.25) is 0 Å². The Kier molecular flexibility index (Phi) is 4.66. The molecule has 2 atom stereocenters. The van der Waals surface area contributed by atoms with Gasteiger partial charge in [-0.15, -0.1) is 0 Å². The number of amides is 2. The number of nitrogens with one attached hydrogen (secondary N) is 2. The van der Waals surface area contributed by atoms with Crippen molar-refractivity contribution in [3.05, 3.63) is 22.7 Å². The number of hydrogen-bond acceptors (Lipinski definition) is 3. The number of aliphatic hydroxyl groups is 1. The molecule has 5 nitrogen and oxygen atoms in total. The van der Waals surface area contributed by atoms with Crippen LogP contribution in [0.2, 0.25) is 0 Å². The highest BCUT2D eigenvalue weighted by Crippen LogP contribution is 2.27. The van der Waals surface area contributed by atoms with Crippen molar-refractivity contribution >= 4 is 27.6 Å². The van der Waals surface area contributed by atoms with Gasteiger partial charge >= 0.3 is 6.03 Å². The summed E-state index contributed by atoms with van der Waals surface area (Å²) in [7, 11) is 1.57. The van der Waals surface area contributed by atoms with Crippen molar-refractivity contribution in [1.29, 1.82) is 0 Å². The number of hydrogen-bond donors (Lipinski definition) is 3. The van der Waals surface area contributed by atoms with Crippen LogP contribution in [0.25, 0.3) is 0 Å². The first-order chi connectivity index (χ1) is 9.10. The number of carbonyl (C=O) groups is 1. The summed E-state index contributed by atoms with van der Waals surface area (Å²) >= 11 is 3.37. The molecule has 0 aliphatic heterocycles. The maximum atomic E-state index is 11.9. The predicted molar refractivity (Wildman–Crippen MR) is 76.5 cm³/mol. The maximum absolute atomic E-state index is 11.9. The van der Waals surface area contributed by atoms with Crippen molar-refractivity contribution in [3.8, 4) is 5.75 Å². The number of rotatable bonds is 3. The summed E-state index contributed by atoms with van der Waals surface area (Å²) in [6, 6.07) is 4.85. The van der Waals surface area contributed by atoms with Crippen LogP contribution in [0.3, 0.4) is 0 Å². The average Bonchev–Trinajstić information content (AvgIpc) is 2.78. The molecule has 0 bridgehead atoms. The molecule has 3 N–H and O–H groups in total. The van der Waals surface area contributed by atoms with Gasteiger partial charge in [-0.3, -0.25) is 0 Å². The van der Waals surface area contributed by atoms with Crippen LogP contribution < -0.4 is 15.4 Å². The van der Waals surface area contributed by atoms with Gasteiger partial charge in [0.15, 0.2) is 0 Å². The molecule has 19 heavy (non-hydrogen) atoms. The second-order valence-electron chi connectivity index (χ2n) is 4.55. The molecule has 6 heteroatoms. The SMILES string of the molecule is COc1ccc(Br)c(NC(=O)N[C@H]2CCC[C@H]2O)c1. The van der Waals surface area contributed by atoms with Gasteiger partial charge in [-0.1, -0.05) is 0 Å². The molecule has 1 aromatic carbocycles. The molecule has 0 heterocycles. The van der Waals surface area contributed by atoms with E-state index in [0.717, 1.165) is 23.7 Å². The van der Waals surface area contributed by atoms with E-state index in [-0.39, 0.29) is 12.1 Å². The van der Waals surface area contributed by atoms with Crippen molar-refractivity contribution in [2.45, 2.75) is 31.4 Å². The zero-order chi connectivity index (χ0) is 13.8. The van der Waals surface area contributed by atoms with Crippen LogP contribution in [0.5, 0.6) is 5.75 Å². The van der Waals surface area contributed by atoms with Crippen molar-refractivity contribution in [2.24, 2.45) is 0 Å². The van der Waals surface area contributed by atoms with Crippen LogP contribution in [0.15, 0.2) is 22.7 Å². The van der Waals surface area contributed by atoms with Gasteiger partial charge < -0.3 is 20.5 Å². The van der Waals surface area contributed by atoms with Gasteiger partial charge in [-0.25, -0.2) is 4.79 Å². The van der Waals surface area contributed by atoms with Crippen LogP contribution in [0, 0.1) is 0 Å². The number of carbonyl (C=O) groups excluding carboxylic acids is 1. The maximum Gasteiger partial charge on any atom is 0.319 e. The van der Waals surface area contributed by atoms with Crippen LogP contribution >= 0.6 is 15.9 Å². The fourth-order valence-corrected chi connectivity index (χ4v) is 2.51. The third-order valence-electron chi connectivity index (χ3n) is 3.22. The van der Waals surface area contributed by atoms with Crippen LogP contribution in [0.1, 0.15) is 19.3 Å². The molecule has 1 aromatic rings. The Morgan fingerprint density at radius 2 is 2.26 bits per heavy atom. The van der Waals surface area contributed by atoms with Crippen LogP contribution in [-0.2, 0) is 0 Å². The van der Waals surface area contributed by atoms with Gasteiger partial charge in [0, 0.05) is 10.5 Å². The molecule has 0 aromatic heterocycles. The highest BCUT2D eigenvalue weighted by atomic mass is 79.9. The number of anilines is 1. The fourth-order valence-electron chi connectivity index (χ4n) is 2.16. The number of methoxy groups -OCH3 is 1. The second-order valence-corrected chi connectivity index (χ2v) is 5.40. The summed E-state index contributed by atoms with van der Waals surface area (Å²) in [6.45, 7) is 0. The molecule has 2 rings (SSSR count). The van der Waals surface area contributed by atoms with Crippen molar-refractivity contribution in [2.75, 3.05) is 12.4 Å². The first-order valence-corrected chi connectivity index (χ1v) is 6.98. The Balaban J connectivity index is 1.98. The van der Waals surface area contributed by atoms with E-state index in [9.17, 15) is 9.90 Å². The molecular formula is C13H17BrN2O3. The van der Waals surface area contributed by atoms with Crippen molar-refractivity contribution in [3.63, 3.8) is 0 Å². The van der Waals surface area contributed by atoms with Gasteiger partial charge in [0.1, 0.15) is 5.75 Å². The Morgan fingerprint density at radius 1 is 1.47 bits per heavy atom. The molecule has 0 saturated heterocycles. The summed E-state index contributed by atoms with van der Waals surface area (Å²) in [5.41, 5.74) is 0.629. The molecule has 1 aliphatic carbocycles. The van der Waals surface area contributed by atoms with E-state index >= 15 is 0 Å². The minimum atomic E-state index is -0.445. The van der Waals surface area contributed by atoms with Crippen LogP contribution in [0.4, 0.5) is 10.5 Å². The summed E-state index contributed by atoms with van der Waals surface area (Å²) < 4.78 is 5.88. The lowest BCUT2D eigenvalue weighted by atomic mass is 10.2. The summed E-state index contributed by atoms with van der Waals surface area (Å²) in [5, 5.41) is 15.2. The fraction of sp³-hybridized carbons (Fsp3) is 0.462. The quantitative estimate of drug-likeness (QED) is 0.798. The van der Waals surface area contributed by atoms with Gasteiger partial charge in [-0.05, 0) is 47.3 Å². The molecular weight excluding hydrogens is 312 g/mol. The Labute approximate surface area is 120 Å². The molecule has 0 radical (unpaired) electrons. The van der Waals surface area contributed by atoms with E-state index in [2.05, 4.69) is 26.6 Å². The van der Waals surface area contributed by atoms with E-state index in [1.807, 2.05) is 0 Å². The summed E-state index contributed by atoms with van der Waals surface area (Å²) in [5.74, 6) is 0.666. The Hall–Kier alpha value is -1.27. The molecule has 1 fully saturated rings. The van der Waals surface area contributed by atoms with Crippen molar-refractivity contribution < 1.29 is 14.6 Å². The lowest BCUT2D eigenvalue weighted by molar-refractivity contribution is 0.151. The summed E-state index contributed by atoms with van der Waals surface area (Å²) in [4.78, 5) is 11.9. The predicted octanol–water partition coefficient (Wildman–Crippen LogP) is 2.49. The number of aliphatic hydroxyl groups excluding tert-OH is 1. The van der Waals surface area contributed by atoms with Gasteiger partial charge in [-0.2, -0.15) is 0 Å². The highest BCUT2D eigenvalue weighted by Gasteiger charge is 2.26. The number of urea groups is 1. The molecule has 2 amide bonds. The smallest absolute Gasteiger partial charge is 0.319 e. The van der Waals surface area contributed by atoms with Crippen LogP contribution in [-0.4, -0.2) is 30.4 Å². The number of ether oxygens (including phenoxy) is 1. The normalized spacial score (nSPS) is 22.1. The lowest BCUT2D eigenvalue weighted by Gasteiger charge is -2.17. The molecule has 0 spiro atoms. The number of benzene rings is 1. The second kappa shape index (κ2) is 6.25. The monoisotopic (exact) mass is 328 g/mol. The van der Waals surface area contributed by atoms with E-state index in [1.165, 1.54) is 0 Å². The average molecular weight is 329 g/mol. The van der Waals surface area contributed by atoms with E-state index in [1.54, 1.807) is 25.3 Å². The minimum absolute atomic E-state index is 0.163. The topological polar surface area (TPSA) is 70.6 Å². The summed E-state index contributed by atoms with van der Waals surface area (Å²) in [6.07, 6.45) is 2.05.